The zero-order valence-electron chi connectivity index (χ0n) is 9.36. The van der Waals surface area contributed by atoms with Crippen LogP contribution in [0.4, 0.5) is 16.2 Å². The van der Waals surface area contributed by atoms with E-state index in [9.17, 15) is 4.39 Å². The second-order valence-corrected chi connectivity index (χ2v) is 3.46. The van der Waals surface area contributed by atoms with Crippen LogP contribution < -0.4 is 10.6 Å². The Morgan fingerprint density at radius 2 is 2.25 bits per heavy atom. The van der Waals surface area contributed by atoms with E-state index in [0.29, 0.717) is 13.1 Å². The standard InChI is InChI=1S/C10H17FN4O/c1-2-3-4-15(5-6-16)9-8(11)7-13-10(12)14-9/h7,16H,2-6H2,1H3,(H2,12,13,14). The number of halogens is 1. The molecule has 0 unspecified atom stereocenters. The van der Waals surface area contributed by atoms with Gasteiger partial charge in [-0.2, -0.15) is 4.98 Å². The Kier molecular flexibility index (Phi) is 4.91. The molecule has 3 N–H and O–H groups in total. The maximum absolute atomic E-state index is 13.5. The van der Waals surface area contributed by atoms with Crippen molar-refractivity contribution in [3.63, 3.8) is 0 Å². The molecule has 5 nitrogen and oxygen atoms in total. The Balaban J connectivity index is 2.85. The fourth-order valence-electron chi connectivity index (χ4n) is 1.39. The molecule has 0 saturated carbocycles. The van der Waals surface area contributed by atoms with Crippen LogP contribution in [-0.2, 0) is 0 Å². The van der Waals surface area contributed by atoms with E-state index < -0.39 is 5.82 Å². The summed E-state index contributed by atoms with van der Waals surface area (Å²) in [7, 11) is 0. The molecule has 0 fully saturated rings. The van der Waals surface area contributed by atoms with Crippen molar-refractivity contribution in [3.8, 4) is 0 Å². The van der Waals surface area contributed by atoms with E-state index >= 15 is 0 Å². The highest BCUT2D eigenvalue weighted by atomic mass is 19.1. The van der Waals surface area contributed by atoms with Gasteiger partial charge in [-0.1, -0.05) is 13.3 Å². The number of nitrogen functional groups attached to an aromatic ring is 1. The van der Waals surface area contributed by atoms with E-state index in [1.807, 2.05) is 6.92 Å². The van der Waals surface area contributed by atoms with Crippen molar-refractivity contribution in [1.82, 2.24) is 9.97 Å². The van der Waals surface area contributed by atoms with Crippen LogP contribution in [0.3, 0.4) is 0 Å². The number of aliphatic hydroxyl groups is 1. The minimum Gasteiger partial charge on any atom is -0.395 e. The number of nitrogens with zero attached hydrogens (tertiary/aromatic N) is 3. The second kappa shape index (κ2) is 6.22. The lowest BCUT2D eigenvalue weighted by Gasteiger charge is -2.22. The third kappa shape index (κ3) is 3.30. The molecule has 0 saturated heterocycles. The molecular formula is C10H17FN4O. The first-order chi connectivity index (χ1) is 7.69. The van der Waals surface area contributed by atoms with E-state index in [1.165, 1.54) is 0 Å². The van der Waals surface area contributed by atoms with Crippen molar-refractivity contribution < 1.29 is 9.50 Å². The molecule has 0 bridgehead atoms. The molecule has 6 heteroatoms. The van der Waals surface area contributed by atoms with E-state index in [1.54, 1.807) is 4.90 Å². The normalized spacial score (nSPS) is 10.4. The van der Waals surface area contributed by atoms with E-state index in [-0.39, 0.29) is 18.4 Å². The maximum Gasteiger partial charge on any atom is 0.222 e. The molecule has 1 heterocycles. The molecule has 0 radical (unpaired) electrons. The Bertz CT molecular complexity index is 335. The highest BCUT2D eigenvalue weighted by Gasteiger charge is 2.13. The van der Waals surface area contributed by atoms with E-state index in [0.717, 1.165) is 19.0 Å². The van der Waals surface area contributed by atoms with Gasteiger partial charge in [-0.25, -0.2) is 9.37 Å². The molecule has 16 heavy (non-hydrogen) atoms. The summed E-state index contributed by atoms with van der Waals surface area (Å²) in [5.74, 6) is -0.315. The summed E-state index contributed by atoms with van der Waals surface area (Å²) >= 11 is 0. The smallest absolute Gasteiger partial charge is 0.222 e. The third-order valence-electron chi connectivity index (χ3n) is 2.20. The topological polar surface area (TPSA) is 75.3 Å². The van der Waals surface area contributed by atoms with Gasteiger partial charge in [-0.15, -0.1) is 0 Å². The number of anilines is 2. The summed E-state index contributed by atoms with van der Waals surface area (Å²) in [5, 5.41) is 8.92. The van der Waals surface area contributed by atoms with Crippen molar-refractivity contribution in [2.24, 2.45) is 0 Å². The molecular weight excluding hydrogens is 211 g/mol. The van der Waals surface area contributed by atoms with E-state index in [4.69, 9.17) is 10.8 Å². The Labute approximate surface area is 94.1 Å². The molecule has 0 amide bonds. The van der Waals surface area contributed by atoms with Crippen LogP contribution in [0.1, 0.15) is 19.8 Å². The summed E-state index contributed by atoms with van der Waals surface area (Å²) in [4.78, 5) is 9.09. The molecule has 90 valence electrons. The summed E-state index contributed by atoms with van der Waals surface area (Å²) in [6.45, 7) is 2.98. The van der Waals surface area contributed by atoms with Gasteiger partial charge in [0.15, 0.2) is 11.6 Å². The first-order valence-corrected chi connectivity index (χ1v) is 5.32. The number of hydrogen-bond donors (Lipinski definition) is 2. The Morgan fingerprint density at radius 3 is 2.88 bits per heavy atom. The molecule has 0 spiro atoms. The van der Waals surface area contributed by atoms with Gasteiger partial charge in [0.1, 0.15) is 0 Å². The minimum absolute atomic E-state index is 0.0378. The highest BCUT2D eigenvalue weighted by molar-refractivity contribution is 5.42. The quantitative estimate of drug-likeness (QED) is 0.753. The van der Waals surface area contributed by atoms with Crippen molar-refractivity contribution >= 4 is 11.8 Å². The number of aliphatic hydroxyl groups excluding tert-OH is 1. The van der Waals surface area contributed by atoms with Gasteiger partial charge < -0.3 is 15.7 Å². The lowest BCUT2D eigenvalue weighted by Crippen LogP contribution is -2.29. The highest BCUT2D eigenvalue weighted by Crippen LogP contribution is 2.16. The molecule has 0 atom stereocenters. The predicted octanol–water partition coefficient (Wildman–Crippen LogP) is 0.797. The van der Waals surface area contributed by atoms with Crippen LogP contribution in [-0.4, -0.2) is 34.8 Å². The van der Waals surface area contributed by atoms with Crippen LogP contribution in [0.5, 0.6) is 0 Å². The average Bonchev–Trinajstić information content (AvgIpc) is 2.28. The largest absolute Gasteiger partial charge is 0.395 e. The van der Waals surface area contributed by atoms with Gasteiger partial charge in [0.05, 0.1) is 12.8 Å². The molecule has 0 aliphatic rings. The zero-order chi connectivity index (χ0) is 12.0. The molecule has 0 aliphatic heterocycles. The van der Waals surface area contributed by atoms with Gasteiger partial charge >= 0.3 is 0 Å². The Morgan fingerprint density at radius 1 is 1.50 bits per heavy atom. The summed E-state index contributed by atoms with van der Waals surface area (Å²) < 4.78 is 13.5. The first kappa shape index (κ1) is 12.6. The van der Waals surface area contributed by atoms with Gasteiger partial charge in [0, 0.05) is 13.1 Å². The number of aromatic nitrogens is 2. The molecule has 1 rings (SSSR count). The van der Waals surface area contributed by atoms with Crippen LogP contribution in [0.25, 0.3) is 0 Å². The van der Waals surface area contributed by atoms with Gasteiger partial charge in [-0.3, -0.25) is 0 Å². The summed E-state index contributed by atoms with van der Waals surface area (Å²) in [5.41, 5.74) is 5.41. The van der Waals surface area contributed by atoms with Crippen molar-refractivity contribution in [1.29, 1.82) is 0 Å². The average molecular weight is 228 g/mol. The van der Waals surface area contributed by atoms with E-state index in [2.05, 4.69) is 9.97 Å². The number of unbranched alkanes of at least 4 members (excludes halogenated alkanes) is 1. The number of hydrogen-bond acceptors (Lipinski definition) is 5. The van der Waals surface area contributed by atoms with Gasteiger partial charge in [0.2, 0.25) is 5.95 Å². The third-order valence-corrected chi connectivity index (χ3v) is 2.20. The number of nitrogens with two attached hydrogens (primary N) is 1. The van der Waals surface area contributed by atoms with Gasteiger partial charge in [0.25, 0.3) is 0 Å². The molecule has 0 aliphatic carbocycles. The lowest BCUT2D eigenvalue weighted by atomic mass is 10.3. The van der Waals surface area contributed by atoms with Crippen molar-refractivity contribution in [3.05, 3.63) is 12.0 Å². The monoisotopic (exact) mass is 228 g/mol. The summed E-state index contributed by atoms with van der Waals surface area (Å²) in [6.07, 6.45) is 2.95. The zero-order valence-corrected chi connectivity index (χ0v) is 9.36. The number of rotatable bonds is 6. The van der Waals surface area contributed by atoms with Crippen LogP contribution in [0, 0.1) is 5.82 Å². The maximum atomic E-state index is 13.5. The van der Waals surface area contributed by atoms with Crippen molar-refractivity contribution in [2.75, 3.05) is 30.3 Å². The first-order valence-electron chi connectivity index (χ1n) is 5.32. The fourth-order valence-corrected chi connectivity index (χ4v) is 1.39. The fraction of sp³-hybridized carbons (Fsp3) is 0.600. The Hall–Kier alpha value is -1.43. The van der Waals surface area contributed by atoms with Gasteiger partial charge in [-0.05, 0) is 6.42 Å². The molecule has 0 aromatic carbocycles. The predicted molar refractivity (Wildman–Crippen MR) is 60.6 cm³/mol. The van der Waals surface area contributed by atoms with Crippen LogP contribution in [0.15, 0.2) is 6.20 Å². The minimum atomic E-state index is -0.515. The van der Waals surface area contributed by atoms with Crippen molar-refractivity contribution in [2.45, 2.75) is 19.8 Å². The second-order valence-electron chi connectivity index (χ2n) is 3.46. The summed E-state index contributed by atoms with van der Waals surface area (Å²) in [6, 6.07) is 0. The molecule has 1 aromatic rings. The van der Waals surface area contributed by atoms with Crippen LogP contribution in [0.2, 0.25) is 0 Å². The van der Waals surface area contributed by atoms with Crippen LogP contribution >= 0.6 is 0 Å². The SMILES string of the molecule is CCCCN(CCO)c1nc(N)ncc1F. The molecule has 1 aromatic heterocycles. The lowest BCUT2D eigenvalue weighted by molar-refractivity contribution is 0.300.